The Kier molecular flexibility index (Phi) is 4.21. The van der Waals surface area contributed by atoms with Crippen LogP contribution >= 0.6 is 0 Å². The summed E-state index contributed by atoms with van der Waals surface area (Å²) in [6.45, 7) is 0. The summed E-state index contributed by atoms with van der Waals surface area (Å²) >= 11 is 0. The van der Waals surface area contributed by atoms with E-state index in [0.29, 0.717) is 0 Å². The zero-order chi connectivity index (χ0) is 14.8. The van der Waals surface area contributed by atoms with Gasteiger partial charge in [0, 0.05) is 6.42 Å². The molecule has 0 radical (unpaired) electrons. The molecule has 1 rings (SSSR count). The minimum Gasteiger partial charge on any atom is -0.298 e. The summed E-state index contributed by atoms with van der Waals surface area (Å²) in [6, 6.07) is 3.60. The molecule has 19 heavy (non-hydrogen) atoms. The van der Waals surface area contributed by atoms with E-state index in [2.05, 4.69) is 0 Å². The van der Waals surface area contributed by atoms with Gasteiger partial charge >= 0.3 is 12.4 Å². The van der Waals surface area contributed by atoms with E-state index in [0.717, 1.165) is 24.3 Å². The highest BCUT2D eigenvalue weighted by Gasteiger charge is 2.60. The van der Waals surface area contributed by atoms with Crippen LogP contribution in [0.25, 0.3) is 0 Å². The van der Waals surface area contributed by atoms with Crippen molar-refractivity contribution in [2.24, 2.45) is 5.92 Å². The molecule has 0 aliphatic carbocycles. The number of carbonyl (C=O) groups excluding carboxylic acids is 1. The van der Waals surface area contributed by atoms with E-state index in [9.17, 15) is 35.5 Å². The summed E-state index contributed by atoms with van der Waals surface area (Å²) in [6.07, 6.45) is -12.5. The molecule has 8 heteroatoms. The van der Waals surface area contributed by atoms with Gasteiger partial charge in [0.1, 0.15) is 5.82 Å². The SMILES string of the molecule is O=C(Cc1ccc(F)cc1)C(C(F)(F)F)C(F)(F)F. The monoisotopic (exact) mass is 288 g/mol. The van der Waals surface area contributed by atoms with Crippen molar-refractivity contribution in [3.8, 4) is 0 Å². The van der Waals surface area contributed by atoms with Crippen molar-refractivity contribution < 1.29 is 35.5 Å². The van der Waals surface area contributed by atoms with Gasteiger partial charge in [-0.2, -0.15) is 26.3 Å². The molecule has 106 valence electrons. The van der Waals surface area contributed by atoms with Gasteiger partial charge in [-0.3, -0.25) is 4.79 Å². The van der Waals surface area contributed by atoms with Crippen LogP contribution in [0.3, 0.4) is 0 Å². The Hall–Kier alpha value is -1.60. The first-order valence-corrected chi connectivity index (χ1v) is 4.92. The maximum absolute atomic E-state index is 12.5. The molecule has 0 saturated carbocycles. The normalized spacial score (nSPS) is 12.8. The van der Waals surface area contributed by atoms with Crippen molar-refractivity contribution in [2.75, 3.05) is 0 Å². The van der Waals surface area contributed by atoms with Crippen LogP contribution in [0.4, 0.5) is 30.7 Å². The van der Waals surface area contributed by atoms with Gasteiger partial charge in [0.2, 0.25) is 5.92 Å². The van der Waals surface area contributed by atoms with E-state index in [1.54, 1.807) is 0 Å². The van der Waals surface area contributed by atoms with E-state index < -0.39 is 36.3 Å². The Bertz CT molecular complexity index is 430. The summed E-state index contributed by atoms with van der Waals surface area (Å²) < 4.78 is 85.9. The molecule has 0 aliphatic rings. The lowest BCUT2D eigenvalue weighted by Crippen LogP contribution is -2.43. The minimum absolute atomic E-state index is 0.120. The van der Waals surface area contributed by atoms with E-state index >= 15 is 0 Å². The fraction of sp³-hybridized carbons (Fsp3) is 0.364. The Labute approximate surface area is 103 Å². The molecule has 0 aliphatic heterocycles. The van der Waals surface area contributed by atoms with Crippen LogP contribution in [0.15, 0.2) is 24.3 Å². The molecule has 1 aromatic rings. The third kappa shape index (κ3) is 4.22. The zero-order valence-corrected chi connectivity index (χ0v) is 9.15. The molecule has 0 aromatic heterocycles. The average Bonchev–Trinajstić information content (AvgIpc) is 2.16. The van der Waals surface area contributed by atoms with Crippen molar-refractivity contribution in [3.05, 3.63) is 35.6 Å². The van der Waals surface area contributed by atoms with Gasteiger partial charge in [-0.25, -0.2) is 4.39 Å². The minimum atomic E-state index is -5.70. The standard InChI is InChI=1S/C11H7F7O/c12-7-3-1-6(2-4-7)5-8(19)9(10(13,14)15)11(16,17)18/h1-4,9H,5H2. The van der Waals surface area contributed by atoms with Crippen molar-refractivity contribution >= 4 is 5.78 Å². The molecule has 0 spiro atoms. The van der Waals surface area contributed by atoms with Crippen LogP contribution in [0, 0.1) is 11.7 Å². The predicted octanol–water partition coefficient (Wildman–Crippen LogP) is 3.68. The van der Waals surface area contributed by atoms with Gasteiger partial charge in [0.15, 0.2) is 5.78 Å². The average molecular weight is 288 g/mol. The number of hydrogen-bond acceptors (Lipinski definition) is 1. The van der Waals surface area contributed by atoms with Crippen LogP contribution in [0.1, 0.15) is 5.56 Å². The molecule has 0 N–H and O–H groups in total. The number of Topliss-reactive ketones (excluding diaryl/α,β-unsaturated/α-hetero) is 1. The summed E-state index contributed by atoms with van der Waals surface area (Å²) in [5.41, 5.74) is -0.120. The third-order valence-corrected chi connectivity index (χ3v) is 2.27. The number of carbonyl (C=O) groups is 1. The fourth-order valence-corrected chi connectivity index (χ4v) is 1.46. The summed E-state index contributed by atoms with van der Waals surface area (Å²) in [5, 5.41) is 0. The number of hydrogen-bond donors (Lipinski definition) is 0. The van der Waals surface area contributed by atoms with Crippen LogP contribution in [0.5, 0.6) is 0 Å². The van der Waals surface area contributed by atoms with Crippen molar-refractivity contribution in [2.45, 2.75) is 18.8 Å². The predicted molar refractivity (Wildman–Crippen MR) is 50.7 cm³/mol. The van der Waals surface area contributed by atoms with E-state index in [1.807, 2.05) is 0 Å². The largest absolute Gasteiger partial charge is 0.407 e. The molecule has 0 bridgehead atoms. The summed E-state index contributed by atoms with van der Waals surface area (Å²) in [5.74, 6) is -6.75. The molecule has 0 heterocycles. The number of alkyl halides is 6. The van der Waals surface area contributed by atoms with Gasteiger partial charge < -0.3 is 0 Å². The quantitative estimate of drug-likeness (QED) is 0.775. The van der Waals surface area contributed by atoms with Crippen LogP contribution < -0.4 is 0 Å². The molecule has 0 fully saturated rings. The van der Waals surface area contributed by atoms with Crippen molar-refractivity contribution in [1.82, 2.24) is 0 Å². The molecule has 1 nitrogen and oxygen atoms in total. The first-order valence-electron chi connectivity index (χ1n) is 4.92. The summed E-state index contributed by atoms with van der Waals surface area (Å²) in [4.78, 5) is 11.2. The molecule has 1 aromatic carbocycles. The first-order chi connectivity index (χ1) is 8.51. The number of halogens is 7. The molecule has 0 atom stereocenters. The molecular weight excluding hydrogens is 281 g/mol. The number of benzene rings is 1. The molecule has 0 amide bonds. The Morgan fingerprint density at radius 3 is 1.74 bits per heavy atom. The Morgan fingerprint density at radius 1 is 0.947 bits per heavy atom. The van der Waals surface area contributed by atoms with Gasteiger partial charge in [0.05, 0.1) is 0 Å². The second kappa shape index (κ2) is 5.18. The van der Waals surface area contributed by atoms with Gasteiger partial charge in [-0.1, -0.05) is 12.1 Å². The highest BCUT2D eigenvalue weighted by molar-refractivity contribution is 5.84. The Balaban J connectivity index is 2.93. The zero-order valence-electron chi connectivity index (χ0n) is 9.15. The molecule has 0 unspecified atom stereocenters. The summed E-state index contributed by atoms with van der Waals surface area (Å²) in [7, 11) is 0. The lowest BCUT2D eigenvalue weighted by Gasteiger charge is -2.21. The first kappa shape index (κ1) is 15.5. The lowest BCUT2D eigenvalue weighted by molar-refractivity contribution is -0.273. The van der Waals surface area contributed by atoms with Crippen molar-refractivity contribution in [3.63, 3.8) is 0 Å². The Morgan fingerprint density at radius 2 is 1.37 bits per heavy atom. The van der Waals surface area contributed by atoms with Crippen LogP contribution in [-0.4, -0.2) is 18.1 Å². The highest BCUT2D eigenvalue weighted by Crippen LogP contribution is 2.40. The fourth-order valence-electron chi connectivity index (χ4n) is 1.46. The third-order valence-electron chi connectivity index (χ3n) is 2.27. The van der Waals surface area contributed by atoms with E-state index in [1.165, 1.54) is 0 Å². The van der Waals surface area contributed by atoms with Crippen LogP contribution in [-0.2, 0) is 11.2 Å². The smallest absolute Gasteiger partial charge is 0.298 e. The molecule has 0 saturated heterocycles. The van der Waals surface area contributed by atoms with Gasteiger partial charge in [-0.05, 0) is 17.7 Å². The van der Waals surface area contributed by atoms with Crippen molar-refractivity contribution in [1.29, 1.82) is 0 Å². The lowest BCUT2D eigenvalue weighted by atomic mass is 9.97. The van der Waals surface area contributed by atoms with Crippen LogP contribution in [0.2, 0.25) is 0 Å². The molecular formula is C11H7F7O. The maximum atomic E-state index is 12.5. The van der Waals surface area contributed by atoms with E-state index in [4.69, 9.17) is 0 Å². The number of ketones is 1. The topological polar surface area (TPSA) is 17.1 Å². The van der Waals surface area contributed by atoms with E-state index in [-0.39, 0.29) is 5.56 Å². The van der Waals surface area contributed by atoms with Gasteiger partial charge in [-0.15, -0.1) is 0 Å². The highest BCUT2D eigenvalue weighted by atomic mass is 19.4. The number of rotatable bonds is 3. The second-order valence-corrected chi connectivity index (χ2v) is 3.79. The maximum Gasteiger partial charge on any atom is 0.407 e. The second-order valence-electron chi connectivity index (χ2n) is 3.79. The van der Waals surface area contributed by atoms with Gasteiger partial charge in [0.25, 0.3) is 0 Å².